The van der Waals surface area contributed by atoms with Gasteiger partial charge in [0.05, 0.1) is 6.61 Å². The van der Waals surface area contributed by atoms with Crippen LogP contribution in [0.5, 0.6) is 5.75 Å². The highest BCUT2D eigenvalue weighted by Gasteiger charge is 2.51. The van der Waals surface area contributed by atoms with Gasteiger partial charge in [-0.1, -0.05) is 74.4 Å². The molecule has 1 nitrogen and oxygen atoms in total. The summed E-state index contributed by atoms with van der Waals surface area (Å²) < 4.78 is 6.97. The first-order valence-corrected chi connectivity index (χ1v) is 12.5. The normalized spacial score (nSPS) is 31.3. The van der Waals surface area contributed by atoms with E-state index in [2.05, 4.69) is 74.4 Å². The number of ether oxygens (including phenoxy) is 1. The van der Waals surface area contributed by atoms with Crippen LogP contribution >= 0.6 is 0 Å². The Bertz CT molecular complexity index is 723. The Morgan fingerprint density at radius 2 is 1.10 bits per heavy atom. The summed E-state index contributed by atoms with van der Waals surface area (Å²) >= 11 is 0. The highest BCUT2D eigenvalue weighted by atomic mass is 16.5. The van der Waals surface area contributed by atoms with Gasteiger partial charge in [-0.25, -0.2) is 0 Å². The lowest BCUT2D eigenvalue weighted by Crippen LogP contribution is -2.48. The molecule has 4 bridgehead atoms. The van der Waals surface area contributed by atoms with Crippen LogP contribution in [-0.4, -0.2) is 6.61 Å². The summed E-state index contributed by atoms with van der Waals surface area (Å²) in [6.07, 6.45) is 8.73. The van der Waals surface area contributed by atoms with E-state index in [0.29, 0.717) is 5.41 Å². The second-order valence-electron chi connectivity index (χ2n) is 14.4. The Balaban J connectivity index is 1.73. The molecule has 0 aromatic heterocycles. The molecule has 4 aliphatic rings. The molecule has 1 heteroatoms. The van der Waals surface area contributed by atoms with Crippen LogP contribution in [0.3, 0.4) is 0 Å². The lowest BCUT2D eigenvalue weighted by Gasteiger charge is -2.56. The first-order valence-electron chi connectivity index (χ1n) is 12.5. The van der Waals surface area contributed by atoms with E-state index in [0.717, 1.165) is 24.4 Å². The second-order valence-corrected chi connectivity index (χ2v) is 14.4. The summed E-state index contributed by atoms with van der Waals surface area (Å²) in [6, 6.07) is 4.90. The van der Waals surface area contributed by atoms with Gasteiger partial charge in [0.2, 0.25) is 0 Å². The van der Waals surface area contributed by atoms with Crippen molar-refractivity contribution in [2.24, 2.45) is 23.2 Å². The molecular formula is C29H46O. The van der Waals surface area contributed by atoms with Gasteiger partial charge in [0, 0.05) is 16.5 Å². The van der Waals surface area contributed by atoms with Crippen LogP contribution in [0.15, 0.2) is 12.1 Å². The summed E-state index contributed by atoms with van der Waals surface area (Å²) in [5.74, 6) is 4.13. The van der Waals surface area contributed by atoms with Gasteiger partial charge >= 0.3 is 0 Å². The Kier molecular flexibility index (Phi) is 5.19. The topological polar surface area (TPSA) is 9.23 Å². The average molecular weight is 411 g/mol. The lowest BCUT2D eigenvalue weighted by molar-refractivity contribution is -0.0749. The summed E-state index contributed by atoms with van der Waals surface area (Å²) in [4.78, 5) is 0. The zero-order valence-corrected chi connectivity index (χ0v) is 21.2. The quantitative estimate of drug-likeness (QED) is 0.488. The van der Waals surface area contributed by atoms with Crippen LogP contribution in [0.2, 0.25) is 0 Å². The Hall–Kier alpha value is -0.980. The maximum atomic E-state index is 6.97. The Morgan fingerprint density at radius 3 is 1.43 bits per heavy atom. The lowest BCUT2D eigenvalue weighted by atomic mass is 9.50. The molecule has 5 rings (SSSR count). The van der Waals surface area contributed by atoms with Crippen molar-refractivity contribution >= 4 is 0 Å². The van der Waals surface area contributed by atoms with Crippen LogP contribution in [0.1, 0.15) is 118 Å². The largest absolute Gasteiger partial charge is 0.492 e. The zero-order valence-electron chi connectivity index (χ0n) is 21.2. The molecule has 4 saturated carbocycles. The monoisotopic (exact) mass is 410 g/mol. The molecule has 0 N–H and O–H groups in total. The first kappa shape index (κ1) is 22.2. The number of hydrogen-bond donors (Lipinski definition) is 0. The van der Waals surface area contributed by atoms with Crippen molar-refractivity contribution in [3.05, 3.63) is 28.8 Å². The summed E-state index contributed by atoms with van der Waals surface area (Å²) in [5.41, 5.74) is 4.93. The van der Waals surface area contributed by atoms with Gasteiger partial charge in [-0.15, -0.1) is 0 Å². The van der Waals surface area contributed by atoms with Crippen molar-refractivity contribution in [2.45, 2.75) is 117 Å². The molecule has 0 amide bonds. The molecule has 0 aliphatic heterocycles. The molecule has 0 radical (unpaired) electrons. The SMILES string of the molecule is CC(C)(C)c1cc(C(C)(C)C)c(OCC23CC4CC(CC(C4)C2)C3)c(C(C)(C)C)c1. The van der Waals surface area contributed by atoms with E-state index in [1.807, 2.05) is 0 Å². The third-order valence-electron chi connectivity index (χ3n) is 8.26. The van der Waals surface area contributed by atoms with Crippen molar-refractivity contribution in [3.63, 3.8) is 0 Å². The minimum absolute atomic E-state index is 0.0675. The minimum Gasteiger partial charge on any atom is -0.492 e. The summed E-state index contributed by atoms with van der Waals surface area (Å²) in [7, 11) is 0. The van der Waals surface area contributed by atoms with Gasteiger partial charge in [0.15, 0.2) is 0 Å². The van der Waals surface area contributed by atoms with Crippen molar-refractivity contribution in [1.29, 1.82) is 0 Å². The molecule has 0 heterocycles. The maximum Gasteiger partial charge on any atom is 0.126 e. The van der Waals surface area contributed by atoms with Gasteiger partial charge in [0.25, 0.3) is 0 Å². The molecule has 4 aliphatic carbocycles. The van der Waals surface area contributed by atoms with Gasteiger partial charge in [0.1, 0.15) is 5.75 Å². The molecule has 0 unspecified atom stereocenters. The highest BCUT2D eigenvalue weighted by Crippen LogP contribution is 2.60. The van der Waals surface area contributed by atoms with E-state index in [-0.39, 0.29) is 16.2 Å². The van der Waals surface area contributed by atoms with Crippen LogP contribution < -0.4 is 4.74 Å². The van der Waals surface area contributed by atoms with Gasteiger partial charge in [-0.05, 0) is 78.1 Å². The molecule has 0 saturated heterocycles. The fourth-order valence-electron chi connectivity index (χ4n) is 7.02. The number of rotatable bonds is 3. The third-order valence-corrected chi connectivity index (χ3v) is 8.26. The van der Waals surface area contributed by atoms with E-state index in [4.69, 9.17) is 4.74 Å². The summed E-state index contributed by atoms with van der Waals surface area (Å²) in [6.45, 7) is 22.0. The highest BCUT2D eigenvalue weighted by molar-refractivity contribution is 5.52. The van der Waals surface area contributed by atoms with Crippen molar-refractivity contribution in [1.82, 2.24) is 0 Å². The van der Waals surface area contributed by atoms with Crippen LogP contribution in [0.4, 0.5) is 0 Å². The van der Waals surface area contributed by atoms with Crippen LogP contribution in [0.25, 0.3) is 0 Å². The van der Waals surface area contributed by atoms with Crippen molar-refractivity contribution in [2.75, 3.05) is 6.61 Å². The van der Waals surface area contributed by atoms with Crippen molar-refractivity contribution in [3.8, 4) is 5.75 Å². The molecule has 168 valence electrons. The standard InChI is InChI=1S/C29H46O/c1-26(2,3)22-13-23(27(4,5)6)25(24(14-22)28(7,8)9)30-18-29-15-19-10-20(16-29)12-21(11-19)17-29/h13-14,19-21H,10-12,15-18H2,1-9H3. The van der Waals surface area contributed by atoms with E-state index in [1.54, 1.807) is 0 Å². The predicted molar refractivity (Wildman–Crippen MR) is 129 cm³/mol. The number of benzene rings is 1. The van der Waals surface area contributed by atoms with Crippen LogP contribution in [0, 0.1) is 23.2 Å². The predicted octanol–water partition coefficient (Wildman–Crippen LogP) is 8.17. The molecule has 1 aromatic carbocycles. The zero-order chi connectivity index (χ0) is 22.1. The Morgan fingerprint density at radius 1 is 0.700 bits per heavy atom. The van der Waals surface area contributed by atoms with E-state index in [9.17, 15) is 0 Å². The van der Waals surface area contributed by atoms with E-state index < -0.39 is 0 Å². The second kappa shape index (κ2) is 7.01. The smallest absolute Gasteiger partial charge is 0.126 e. The molecular weight excluding hydrogens is 364 g/mol. The van der Waals surface area contributed by atoms with E-state index in [1.165, 1.54) is 61.0 Å². The molecule has 4 fully saturated rings. The minimum atomic E-state index is 0.0675. The average Bonchev–Trinajstić information content (AvgIpc) is 2.55. The maximum absolute atomic E-state index is 6.97. The Labute approximate surface area is 186 Å². The van der Waals surface area contributed by atoms with E-state index >= 15 is 0 Å². The molecule has 0 spiro atoms. The third kappa shape index (κ3) is 4.20. The van der Waals surface area contributed by atoms with Gasteiger partial charge in [-0.3, -0.25) is 0 Å². The van der Waals surface area contributed by atoms with Gasteiger partial charge < -0.3 is 4.74 Å². The van der Waals surface area contributed by atoms with Gasteiger partial charge in [-0.2, -0.15) is 0 Å². The molecule has 1 aromatic rings. The first-order chi connectivity index (χ1) is 13.7. The summed E-state index contributed by atoms with van der Waals surface area (Å²) in [5, 5.41) is 0. The fourth-order valence-corrected chi connectivity index (χ4v) is 7.02. The number of hydrogen-bond acceptors (Lipinski definition) is 1. The molecule has 0 atom stereocenters. The van der Waals surface area contributed by atoms with Crippen LogP contribution in [-0.2, 0) is 16.2 Å². The fraction of sp³-hybridized carbons (Fsp3) is 0.793. The molecule has 30 heavy (non-hydrogen) atoms. The van der Waals surface area contributed by atoms with Crippen molar-refractivity contribution < 1.29 is 4.74 Å².